The largest absolute Gasteiger partial charge is 0.369 e. The summed E-state index contributed by atoms with van der Waals surface area (Å²) in [6.45, 7) is 7.05. The standard InChI is InChI=1S/C22H28N2O3/c1-4-11-27-15-18-7-9-23(10-8-18)22(26)19-13-21(25)24(14-19)20-6-5-16(2)17(3)12-20/h1,5-6,12,18-19H,7-11,13-15H2,2-3H3. The van der Waals surface area contributed by atoms with Gasteiger partial charge < -0.3 is 14.5 Å². The summed E-state index contributed by atoms with van der Waals surface area (Å²) < 4.78 is 5.42. The molecule has 2 aliphatic heterocycles. The van der Waals surface area contributed by atoms with Gasteiger partial charge in [0.2, 0.25) is 11.8 Å². The number of likely N-dealkylation sites (tertiary alicyclic amines) is 1. The Morgan fingerprint density at radius 2 is 2.00 bits per heavy atom. The Hall–Kier alpha value is -2.32. The van der Waals surface area contributed by atoms with E-state index in [0.717, 1.165) is 37.2 Å². The molecule has 0 aromatic heterocycles. The summed E-state index contributed by atoms with van der Waals surface area (Å²) in [6.07, 6.45) is 7.36. The number of piperidine rings is 1. The van der Waals surface area contributed by atoms with E-state index in [-0.39, 0.29) is 17.7 Å². The lowest BCUT2D eigenvalue weighted by Gasteiger charge is -2.33. The molecule has 0 N–H and O–H groups in total. The summed E-state index contributed by atoms with van der Waals surface area (Å²) >= 11 is 0. The third kappa shape index (κ3) is 4.51. The second kappa shape index (κ2) is 8.58. The van der Waals surface area contributed by atoms with E-state index in [0.29, 0.717) is 32.1 Å². The quantitative estimate of drug-likeness (QED) is 0.593. The molecule has 5 nitrogen and oxygen atoms in total. The summed E-state index contributed by atoms with van der Waals surface area (Å²) in [7, 11) is 0. The zero-order chi connectivity index (χ0) is 19.4. The molecule has 0 aliphatic carbocycles. The molecular weight excluding hydrogens is 340 g/mol. The Morgan fingerprint density at radius 1 is 1.26 bits per heavy atom. The number of aryl methyl sites for hydroxylation is 2. The van der Waals surface area contributed by atoms with Crippen LogP contribution >= 0.6 is 0 Å². The SMILES string of the molecule is C#CCOCC1CCN(C(=O)C2CC(=O)N(c3ccc(C)c(C)c3)C2)CC1. The lowest BCUT2D eigenvalue weighted by molar-refractivity contribution is -0.137. The molecule has 0 saturated carbocycles. The van der Waals surface area contributed by atoms with Crippen molar-refractivity contribution in [1.82, 2.24) is 4.90 Å². The predicted octanol–water partition coefficient (Wildman–Crippen LogP) is 2.54. The average Bonchev–Trinajstić information content (AvgIpc) is 3.06. The van der Waals surface area contributed by atoms with Crippen LogP contribution in [0.25, 0.3) is 0 Å². The van der Waals surface area contributed by atoms with Crippen LogP contribution in [0.4, 0.5) is 5.69 Å². The van der Waals surface area contributed by atoms with Gasteiger partial charge in [0, 0.05) is 31.7 Å². The van der Waals surface area contributed by atoms with Gasteiger partial charge in [-0.15, -0.1) is 6.42 Å². The van der Waals surface area contributed by atoms with E-state index in [2.05, 4.69) is 12.8 Å². The minimum absolute atomic E-state index is 0.0363. The molecule has 0 bridgehead atoms. The van der Waals surface area contributed by atoms with Crippen molar-refractivity contribution in [2.45, 2.75) is 33.1 Å². The molecule has 2 aliphatic rings. The fraction of sp³-hybridized carbons (Fsp3) is 0.545. The van der Waals surface area contributed by atoms with Gasteiger partial charge in [-0.25, -0.2) is 0 Å². The van der Waals surface area contributed by atoms with Crippen molar-refractivity contribution in [3.63, 3.8) is 0 Å². The van der Waals surface area contributed by atoms with E-state index in [9.17, 15) is 9.59 Å². The zero-order valence-corrected chi connectivity index (χ0v) is 16.2. The Labute approximate surface area is 161 Å². The van der Waals surface area contributed by atoms with Crippen molar-refractivity contribution < 1.29 is 14.3 Å². The second-order valence-electron chi connectivity index (χ2n) is 7.66. The van der Waals surface area contributed by atoms with Crippen LogP contribution < -0.4 is 4.90 Å². The highest BCUT2D eigenvalue weighted by atomic mass is 16.5. The molecule has 2 amide bonds. The van der Waals surface area contributed by atoms with E-state index < -0.39 is 0 Å². The highest BCUT2D eigenvalue weighted by molar-refractivity contribution is 6.00. The summed E-state index contributed by atoms with van der Waals surface area (Å²) in [4.78, 5) is 29.1. The lowest BCUT2D eigenvalue weighted by atomic mass is 9.96. The molecule has 0 spiro atoms. The molecule has 2 saturated heterocycles. The van der Waals surface area contributed by atoms with Gasteiger partial charge in [-0.2, -0.15) is 0 Å². The summed E-state index contributed by atoms with van der Waals surface area (Å²) in [5.74, 6) is 2.84. The number of rotatable bonds is 5. The number of anilines is 1. The van der Waals surface area contributed by atoms with Crippen LogP contribution in [0.1, 0.15) is 30.4 Å². The number of hydrogen-bond acceptors (Lipinski definition) is 3. The topological polar surface area (TPSA) is 49.9 Å². The first kappa shape index (κ1) is 19.4. The van der Waals surface area contributed by atoms with Crippen LogP contribution in [-0.2, 0) is 14.3 Å². The van der Waals surface area contributed by atoms with Crippen molar-refractivity contribution >= 4 is 17.5 Å². The summed E-state index contributed by atoms with van der Waals surface area (Å²) in [6, 6.07) is 6.02. The van der Waals surface area contributed by atoms with Crippen LogP contribution in [0.3, 0.4) is 0 Å². The highest BCUT2D eigenvalue weighted by Gasteiger charge is 2.38. The summed E-state index contributed by atoms with van der Waals surface area (Å²) in [5, 5.41) is 0. The van der Waals surface area contributed by atoms with Gasteiger partial charge in [0.25, 0.3) is 0 Å². The Balaban J connectivity index is 1.55. The molecule has 3 rings (SSSR count). The van der Waals surface area contributed by atoms with Gasteiger partial charge in [-0.05, 0) is 55.9 Å². The smallest absolute Gasteiger partial charge is 0.228 e. The molecular formula is C22H28N2O3. The van der Waals surface area contributed by atoms with E-state index in [1.54, 1.807) is 4.90 Å². The number of carbonyl (C=O) groups is 2. The van der Waals surface area contributed by atoms with Crippen molar-refractivity contribution in [3.8, 4) is 12.3 Å². The molecule has 1 aromatic rings. The third-order valence-corrected chi connectivity index (χ3v) is 5.74. The number of ether oxygens (including phenoxy) is 1. The predicted molar refractivity (Wildman–Crippen MR) is 105 cm³/mol. The summed E-state index contributed by atoms with van der Waals surface area (Å²) in [5.41, 5.74) is 3.25. The average molecular weight is 368 g/mol. The minimum Gasteiger partial charge on any atom is -0.369 e. The Bertz CT molecular complexity index is 744. The molecule has 1 atom stereocenters. The second-order valence-corrected chi connectivity index (χ2v) is 7.66. The van der Waals surface area contributed by atoms with Crippen molar-refractivity contribution in [3.05, 3.63) is 29.3 Å². The number of nitrogens with zero attached hydrogens (tertiary/aromatic N) is 2. The van der Waals surface area contributed by atoms with Crippen molar-refractivity contribution in [2.24, 2.45) is 11.8 Å². The van der Waals surface area contributed by atoms with Gasteiger partial charge in [-0.1, -0.05) is 12.0 Å². The maximum Gasteiger partial charge on any atom is 0.228 e. The minimum atomic E-state index is -0.242. The molecule has 1 unspecified atom stereocenters. The van der Waals surface area contributed by atoms with Gasteiger partial charge in [-0.3, -0.25) is 9.59 Å². The first-order valence-corrected chi connectivity index (χ1v) is 9.67. The van der Waals surface area contributed by atoms with Crippen LogP contribution in [0.2, 0.25) is 0 Å². The van der Waals surface area contributed by atoms with Crippen LogP contribution in [0, 0.1) is 38.0 Å². The molecule has 27 heavy (non-hydrogen) atoms. The number of benzene rings is 1. The number of hydrogen-bond donors (Lipinski definition) is 0. The lowest BCUT2D eigenvalue weighted by Crippen LogP contribution is -2.43. The number of terminal acetylenes is 1. The van der Waals surface area contributed by atoms with E-state index in [1.165, 1.54) is 5.56 Å². The molecule has 2 fully saturated rings. The van der Waals surface area contributed by atoms with Crippen molar-refractivity contribution in [2.75, 3.05) is 37.7 Å². The van der Waals surface area contributed by atoms with Gasteiger partial charge in [0.05, 0.1) is 12.5 Å². The van der Waals surface area contributed by atoms with E-state index >= 15 is 0 Å². The fourth-order valence-corrected chi connectivity index (χ4v) is 3.88. The van der Waals surface area contributed by atoms with Gasteiger partial charge in [0.15, 0.2) is 0 Å². The maximum absolute atomic E-state index is 12.9. The Kier molecular flexibility index (Phi) is 6.18. The molecule has 2 heterocycles. The normalized spacial score (nSPS) is 20.8. The number of carbonyl (C=O) groups excluding carboxylic acids is 2. The molecule has 144 valence electrons. The van der Waals surface area contributed by atoms with Crippen molar-refractivity contribution in [1.29, 1.82) is 0 Å². The Morgan fingerprint density at radius 3 is 2.67 bits per heavy atom. The van der Waals surface area contributed by atoms with Crippen LogP contribution in [0.15, 0.2) is 18.2 Å². The highest BCUT2D eigenvalue weighted by Crippen LogP contribution is 2.29. The number of amides is 2. The fourth-order valence-electron chi connectivity index (χ4n) is 3.88. The van der Waals surface area contributed by atoms with Gasteiger partial charge >= 0.3 is 0 Å². The van der Waals surface area contributed by atoms with Crippen LogP contribution in [0.5, 0.6) is 0 Å². The van der Waals surface area contributed by atoms with E-state index in [1.807, 2.05) is 30.0 Å². The third-order valence-electron chi connectivity index (χ3n) is 5.74. The monoisotopic (exact) mass is 368 g/mol. The van der Waals surface area contributed by atoms with E-state index in [4.69, 9.17) is 11.2 Å². The first-order chi connectivity index (χ1) is 13.0. The maximum atomic E-state index is 12.9. The molecule has 1 aromatic carbocycles. The zero-order valence-electron chi connectivity index (χ0n) is 16.2. The van der Waals surface area contributed by atoms with Gasteiger partial charge in [0.1, 0.15) is 6.61 Å². The molecule has 0 radical (unpaired) electrons. The first-order valence-electron chi connectivity index (χ1n) is 9.67. The van der Waals surface area contributed by atoms with Crippen LogP contribution in [-0.4, -0.2) is 49.6 Å². The molecule has 5 heteroatoms.